The first-order valence-electron chi connectivity index (χ1n) is 8.88. The molecule has 0 unspecified atom stereocenters. The number of fused-ring (bicyclic) bond motifs is 1. The predicted molar refractivity (Wildman–Crippen MR) is 121 cm³/mol. The summed E-state index contributed by atoms with van der Waals surface area (Å²) in [6.45, 7) is 0. The summed E-state index contributed by atoms with van der Waals surface area (Å²) in [5.74, 6) is 0. The number of nitrogens with zero attached hydrogens (tertiary/aromatic N) is 3. The molecule has 0 aliphatic carbocycles. The molecule has 0 saturated carbocycles. The van der Waals surface area contributed by atoms with Crippen LogP contribution in [0.15, 0.2) is 86.6 Å². The average Bonchev–Trinajstić information content (AvgIpc) is 3.08. The third kappa shape index (κ3) is 3.89. The third-order valence-electron chi connectivity index (χ3n) is 4.52. The first-order chi connectivity index (χ1) is 14.8. The van der Waals surface area contributed by atoms with Gasteiger partial charge in [-0.2, -0.15) is 13.1 Å². The Kier molecular flexibility index (Phi) is 5.23. The molecule has 0 aliphatic rings. The lowest BCUT2D eigenvalue weighted by Gasteiger charge is -2.06. The van der Waals surface area contributed by atoms with Crippen molar-refractivity contribution in [2.75, 3.05) is 0 Å². The van der Waals surface area contributed by atoms with E-state index in [1.807, 2.05) is 0 Å². The molecule has 4 N–H and O–H groups in total. The first kappa shape index (κ1) is 20.6. The number of azo groups is 1. The van der Waals surface area contributed by atoms with E-state index >= 15 is 0 Å². The molecule has 156 valence electrons. The number of aromatic amines is 1. The normalized spacial score (nSPS) is 11.9. The van der Waals surface area contributed by atoms with Gasteiger partial charge in [0.2, 0.25) is 0 Å². The Bertz CT molecular complexity index is 1510. The molecule has 0 atom stereocenters. The summed E-state index contributed by atoms with van der Waals surface area (Å²) in [7, 11) is -4.63. The van der Waals surface area contributed by atoms with Crippen molar-refractivity contribution in [3.63, 3.8) is 0 Å². The molecule has 1 heterocycles. The minimum absolute atomic E-state index is 0.117. The van der Waals surface area contributed by atoms with E-state index in [2.05, 4.69) is 15.3 Å². The third-order valence-corrected chi connectivity index (χ3v) is 5.65. The highest BCUT2D eigenvalue weighted by Gasteiger charge is 2.21. The van der Waals surface area contributed by atoms with Crippen LogP contribution >= 0.6 is 12.2 Å². The highest BCUT2D eigenvalue weighted by molar-refractivity contribution is 7.86. The number of hydrogen-bond donors (Lipinski definition) is 3. The predicted octanol–water partition coefficient (Wildman–Crippen LogP) is 3.75. The summed E-state index contributed by atoms with van der Waals surface area (Å²) < 4.78 is 34.9. The van der Waals surface area contributed by atoms with Gasteiger partial charge in [0.05, 0.1) is 5.69 Å². The number of rotatable bonds is 4. The number of nitrogens with two attached hydrogens (primary N) is 1. The van der Waals surface area contributed by atoms with E-state index in [0.717, 1.165) is 4.68 Å². The molecule has 9 nitrogen and oxygen atoms in total. The Balaban J connectivity index is 1.93. The van der Waals surface area contributed by atoms with Gasteiger partial charge in [0.25, 0.3) is 10.1 Å². The van der Waals surface area contributed by atoms with Gasteiger partial charge in [0, 0.05) is 10.9 Å². The van der Waals surface area contributed by atoms with Gasteiger partial charge in [-0.25, -0.2) is 0 Å². The lowest BCUT2D eigenvalue weighted by molar-refractivity contribution is 0.484. The zero-order valence-corrected chi connectivity index (χ0v) is 17.4. The van der Waals surface area contributed by atoms with Crippen LogP contribution in [-0.2, 0) is 10.1 Å². The van der Waals surface area contributed by atoms with Crippen molar-refractivity contribution in [3.8, 4) is 11.3 Å². The van der Waals surface area contributed by atoms with Crippen LogP contribution in [0, 0.1) is 0 Å². The molecule has 0 amide bonds. The summed E-state index contributed by atoms with van der Waals surface area (Å²) in [5, 5.41) is 11.4. The minimum atomic E-state index is -4.63. The van der Waals surface area contributed by atoms with E-state index in [1.54, 1.807) is 60.7 Å². The van der Waals surface area contributed by atoms with E-state index in [1.165, 1.54) is 6.07 Å². The molecule has 0 bridgehead atoms. The van der Waals surface area contributed by atoms with Crippen molar-refractivity contribution in [2.24, 2.45) is 16.0 Å². The molecule has 1 aromatic heterocycles. The molecular weight excluding hydrogens is 438 g/mol. The minimum Gasteiger partial charge on any atom is -0.374 e. The fraction of sp³-hybridized carbons (Fsp3) is 0. The van der Waals surface area contributed by atoms with Gasteiger partial charge in [-0.1, -0.05) is 60.7 Å². The first-order valence-corrected chi connectivity index (χ1v) is 10.7. The van der Waals surface area contributed by atoms with Crippen molar-refractivity contribution in [1.82, 2.24) is 9.78 Å². The summed E-state index contributed by atoms with van der Waals surface area (Å²) in [6, 6.07) is 18.5. The van der Waals surface area contributed by atoms with Gasteiger partial charge in [-0.15, -0.1) is 10.2 Å². The zero-order chi connectivity index (χ0) is 22.2. The fourth-order valence-corrected chi connectivity index (χ4v) is 4.13. The number of benzene rings is 3. The highest BCUT2D eigenvalue weighted by atomic mass is 32.2. The number of nitrogens with one attached hydrogen (secondary N) is 1. The Morgan fingerprint density at radius 3 is 2.35 bits per heavy atom. The Labute approximate surface area is 181 Å². The fourth-order valence-electron chi connectivity index (χ4n) is 3.17. The number of hydrogen-bond acceptors (Lipinski definition) is 6. The van der Waals surface area contributed by atoms with Gasteiger partial charge in [0.1, 0.15) is 10.6 Å². The molecule has 0 saturated heterocycles. The maximum atomic E-state index is 12.8. The van der Waals surface area contributed by atoms with Gasteiger partial charge in [-0.05, 0) is 23.7 Å². The lowest BCUT2D eigenvalue weighted by atomic mass is 10.1. The Hall–Kier alpha value is -3.67. The molecule has 0 fully saturated rings. The molecule has 0 radical (unpaired) electrons. The second-order valence-corrected chi connectivity index (χ2v) is 8.27. The molecule has 31 heavy (non-hydrogen) atoms. The van der Waals surface area contributed by atoms with Crippen LogP contribution < -0.4 is 11.3 Å². The molecule has 4 rings (SSSR count). The van der Waals surface area contributed by atoms with Crippen molar-refractivity contribution >= 4 is 49.6 Å². The molecule has 0 aliphatic heterocycles. The van der Waals surface area contributed by atoms with E-state index in [4.69, 9.17) is 18.0 Å². The van der Waals surface area contributed by atoms with Crippen LogP contribution in [0.4, 0.5) is 11.4 Å². The van der Waals surface area contributed by atoms with Crippen molar-refractivity contribution in [1.29, 1.82) is 0 Å². The summed E-state index contributed by atoms with van der Waals surface area (Å²) in [4.78, 5) is 12.4. The number of aromatic nitrogens is 2. The van der Waals surface area contributed by atoms with Crippen LogP contribution in [0.3, 0.4) is 0 Å². The zero-order valence-electron chi connectivity index (χ0n) is 15.8. The van der Waals surface area contributed by atoms with Crippen molar-refractivity contribution < 1.29 is 13.0 Å². The van der Waals surface area contributed by atoms with E-state index in [9.17, 15) is 17.8 Å². The topological polar surface area (TPSA) is 143 Å². The maximum absolute atomic E-state index is 12.8. The van der Waals surface area contributed by atoms with Crippen LogP contribution in [0.5, 0.6) is 0 Å². The van der Waals surface area contributed by atoms with E-state index in [-0.39, 0.29) is 21.9 Å². The second-order valence-electron chi connectivity index (χ2n) is 6.49. The molecule has 4 aromatic rings. The van der Waals surface area contributed by atoms with Gasteiger partial charge >= 0.3 is 5.56 Å². The van der Waals surface area contributed by atoms with Crippen molar-refractivity contribution in [2.45, 2.75) is 4.90 Å². The molecule has 11 heteroatoms. The van der Waals surface area contributed by atoms with E-state index in [0.29, 0.717) is 16.6 Å². The summed E-state index contributed by atoms with van der Waals surface area (Å²) >= 11 is 4.90. The molecule has 3 aromatic carbocycles. The van der Waals surface area contributed by atoms with Gasteiger partial charge < -0.3 is 5.73 Å². The second kappa shape index (κ2) is 7.87. The Morgan fingerprint density at radius 2 is 1.68 bits per heavy atom. The van der Waals surface area contributed by atoms with Crippen LogP contribution in [-0.4, -0.2) is 27.9 Å². The maximum Gasteiger partial charge on any atom is 0.301 e. The van der Waals surface area contributed by atoms with Crippen LogP contribution in [0.1, 0.15) is 0 Å². The SMILES string of the molecule is NC(=S)n1[nH]c(-c2ccccc2)c(N=Nc2ccc3ccccc3c2S(=O)(=O)O)c1=O. The quantitative estimate of drug-likeness (QED) is 0.244. The number of thiocarbonyl (C=S) groups is 1. The largest absolute Gasteiger partial charge is 0.374 e. The molecular formula is C20H15N5O4S2. The summed E-state index contributed by atoms with van der Waals surface area (Å²) in [6.07, 6.45) is 0. The van der Waals surface area contributed by atoms with Crippen molar-refractivity contribution in [3.05, 3.63) is 77.1 Å². The smallest absolute Gasteiger partial charge is 0.301 e. The highest BCUT2D eigenvalue weighted by Crippen LogP contribution is 2.34. The Morgan fingerprint density at radius 1 is 1.00 bits per heavy atom. The van der Waals surface area contributed by atoms with Crippen LogP contribution in [0.25, 0.3) is 22.0 Å². The molecule has 0 spiro atoms. The van der Waals surface area contributed by atoms with E-state index < -0.39 is 20.6 Å². The monoisotopic (exact) mass is 453 g/mol. The standard InChI is InChI=1S/C20H15N5O4S2/c21-20(30)25-19(26)17(16(24-25)13-7-2-1-3-8-13)23-22-15-11-10-12-6-4-5-9-14(12)18(15)31(27,28)29/h1-11,24H,(H2,21,30)(H,27,28,29). The summed E-state index contributed by atoms with van der Waals surface area (Å²) in [5.41, 5.74) is 5.64. The van der Waals surface area contributed by atoms with Gasteiger partial charge in [0.15, 0.2) is 10.8 Å². The lowest BCUT2D eigenvalue weighted by Crippen LogP contribution is -2.29. The average molecular weight is 454 g/mol. The van der Waals surface area contributed by atoms with Crippen LogP contribution in [0.2, 0.25) is 0 Å². The van der Waals surface area contributed by atoms with Gasteiger partial charge in [-0.3, -0.25) is 14.4 Å². The number of H-pyrrole nitrogens is 1.